The number of likely N-dealkylation sites (tertiary alicyclic amines) is 1. The fourth-order valence-corrected chi connectivity index (χ4v) is 3.58. The van der Waals surface area contributed by atoms with Gasteiger partial charge in [0.15, 0.2) is 0 Å². The van der Waals surface area contributed by atoms with Crippen LogP contribution in [0.3, 0.4) is 0 Å². The van der Waals surface area contributed by atoms with Crippen LogP contribution >= 0.6 is 0 Å². The Labute approximate surface area is 122 Å². The highest BCUT2D eigenvalue weighted by Crippen LogP contribution is 2.28. The van der Waals surface area contributed by atoms with Crippen LogP contribution in [0.4, 0.5) is 0 Å². The van der Waals surface area contributed by atoms with E-state index in [4.69, 9.17) is 10.5 Å². The molecule has 3 rings (SSSR count). The minimum absolute atomic E-state index is 0.367. The molecule has 1 heterocycles. The lowest BCUT2D eigenvalue weighted by molar-refractivity contribution is -0.0392. The molecule has 0 spiro atoms. The van der Waals surface area contributed by atoms with Gasteiger partial charge in [-0.2, -0.15) is 0 Å². The quantitative estimate of drug-likeness (QED) is 0.917. The van der Waals surface area contributed by atoms with Gasteiger partial charge in [0.2, 0.25) is 0 Å². The van der Waals surface area contributed by atoms with E-state index in [1.165, 1.54) is 31.2 Å². The maximum Gasteiger partial charge on any atom is 0.0734 e. The number of hydrogen-bond donors (Lipinski definition) is 1. The van der Waals surface area contributed by atoms with Gasteiger partial charge in [-0.15, -0.1) is 0 Å². The molecule has 1 aromatic carbocycles. The van der Waals surface area contributed by atoms with Gasteiger partial charge in [-0.3, -0.25) is 4.90 Å². The van der Waals surface area contributed by atoms with Crippen LogP contribution in [-0.2, 0) is 11.3 Å². The minimum atomic E-state index is 0.367. The van der Waals surface area contributed by atoms with Crippen LogP contribution in [0.25, 0.3) is 0 Å². The van der Waals surface area contributed by atoms with Crippen molar-refractivity contribution < 1.29 is 4.74 Å². The molecule has 1 saturated carbocycles. The highest BCUT2D eigenvalue weighted by Gasteiger charge is 2.34. The van der Waals surface area contributed by atoms with Crippen LogP contribution in [0.1, 0.15) is 37.7 Å². The molecule has 2 N–H and O–H groups in total. The van der Waals surface area contributed by atoms with Crippen LogP contribution in [0, 0.1) is 0 Å². The van der Waals surface area contributed by atoms with Gasteiger partial charge in [-0.1, -0.05) is 43.2 Å². The molecule has 0 aromatic heterocycles. The van der Waals surface area contributed by atoms with Crippen LogP contribution < -0.4 is 5.73 Å². The molecular weight excluding hydrogens is 248 g/mol. The van der Waals surface area contributed by atoms with Gasteiger partial charge in [-0.25, -0.2) is 0 Å². The van der Waals surface area contributed by atoms with Crippen LogP contribution in [0.15, 0.2) is 30.3 Å². The Morgan fingerprint density at radius 3 is 2.65 bits per heavy atom. The van der Waals surface area contributed by atoms with Crippen molar-refractivity contribution in [3.8, 4) is 0 Å². The largest absolute Gasteiger partial charge is 0.372 e. The molecule has 0 amide bonds. The lowest BCUT2D eigenvalue weighted by atomic mass is 9.91. The Kier molecular flexibility index (Phi) is 4.71. The van der Waals surface area contributed by atoms with E-state index >= 15 is 0 Å². The molecule has 110 valence electrons. The normalized spacial score (nSPS) is 31.6. The summed E-state index contributed by atoms with van der Waals surface area (Å²) < 4.78 is 6.25. The molecule has 1 unspecified atom stereocenters. The summed E-state index contributed by atoms with van der Waals surface area (Å²) in [5, 5.41) is 0. The number of hydrogen-bond acceptors (Lipinski definition) is 3. The van der Waals surface area contributed by atoms with Crippen molar-refractivity contribution in [1.82, 2.24) is 4.90 Å². The minimum Gasteiger partial charge on any atom is -0.372 e. The molecule has 1 aliphatic heterocycles. The van der Waals surface area contributed by atoms with Crippen LogP contribution in [0.5, 0.6) is 0 Å². The van der Waals surface area contributed by atoms with Gasteiger partial charge in [-0.05, 0) is 24.8 Å². The summed E-state index contributed by atoms with van der Waals surface area (Å²) in [6, 6.07) is 11.5. The second kappa shape index (κ2) is 6.70. The average molecular weight is 274 g/mol. The maximum atomic E-state index is 6.25. The van der Waals surface area contributed by atoms with Gasteiger partial charge in [0.25, 0.3) is 0 Å². The zero-order valence-electron chi connectivity index (χ0n) is 12.2. The highest BCUT2D eigenvalue weighted by molar-refractivity contribution is 5.13. The summed E-state index contributed by atoms with van der Waals surface area (Å²) in [5.74, 6) is 0. The van der Waals surface area contributed by atoms with Crippen LogP contribution in [-0.4, -0.2) is 36.2 Å². The first-order valence-corrected chi connectivity index (χ1v) is 7.98. The molecule has 20 heavy (non-hydrogen) atoms. The number of ether oxygens (including phenoxy) is 1. The molecule has 3 nitrogen and oxygen atoms in total. The first-order chi connectivity index (χ1) is 9.83. The lowest BCUT2D eigenvalue weighted by Crippen LogP contribution is -2.46. The Bertz CT molecular complexity index is 409. The fraction of sp³-hybridized carbons (Fsp3) is 0.647. The SMILES string of the molecule is N[C@@H]1CCN([C@H]2CCCCC2OCc2ccccc2)C1. The third-order valence-corrected chi connectivity index (χ3v) is 4.70. The topological polar surface area (TPSA) is 38.5 Å². The predicted octanol–water partition coefficient (Wildman–Crippen LogP) is 2.55. The smallest absolute Gasteiger partial charge is 0.0734 e. The Morgan fingerprint density at radius 2 is 1.90 bits per heavy atom. The first-order valence-electron chi connectivity index (χ1n) is 7.98. The molecule has 3 atom stereocenters. The second-order valence-corrected chi connectivity index (χ2v) is 6.23. The van der Waals surface area contributed by atoms with Crippen molar-refractivity contribution >= 4 is 0 Å². The van der Waals surface area contributed by atoms with E-state index in [2.05, 4.69) is 35.2 Å². The number of nitrogens with two attached hydrogens (primary N) is 1. The first kappa shape index (κ1) is 14.1. The van der Waals surface area contributed by atoms with E-state index < -0.39 is 0 Å². The van der Waals surface area contributed by atoms with Crippen molar-refractivity contribution in [2.45, 2.75) is 56.9 Å². The van der Waals surface area contributed by atoms with Gasteiger partial charge >= 0.3 is 0 Å². The zero-order chi connectivity index (χ0) is 13.8. The Hall–Kier alpha value is -0.900. The third kappa shape index (κ3) is 3.40. The molecule has 0 bridgehead atoms. The van der Waals surface area contributed by atoms with E-state index in [0.717, 1.165) is 26.1 Å². The average Bonchev–Trinajstić information content (AvgIpc) is 2.93. The maximum absolute atomic E-state index is 6.25. The summed E-state index contributed by atoms with van der Waals surface area (Å²) >= 11 is 0. The fourth-order valence-electron chi connectivity index (χ4n) is 3.58. The molecule has 2 fully saturated rings. The molecule has 1 aromatic rings. The third-order valence-electron chi connectivity index (χ3n) is 4.70. The molecule has 1 aliphatic carbocycles. The zero-order valence-corrected chi connectivity index (χ0v) is 12.2. The van der Waals surface area contributed by atoms with Crippen molar-refractivity contribution in [1.29, 1.82) is 0 Å². The standard InChI is InChI=1S/C17H26N2O/c18-15-10-11-19(12-15)16-8-4-5-9-17(16)20-13-14-6-2-1-3-7-14/h1-3,6-7,15-17H,4-5,8-13,18H2/t15-,16+,17?/m1/s1. The number of nitrogens with zero attached hydrogens (tertiary/aromatic N) is 1. The highest BCUT2D eigenvalue weighted by atomic mass is 16.5. The summed E-state index contributed by atoms with van der Waals surface area (Å²) in [4.78, 5) is 2.57. The summed E-state index contributed by atoms with van der Waals surface area (Å²) in [6.45, 7) is 2.94. The summed E-state index contributed by atoms with van der Waals surface area (Å²) in [6.07, 6.45) is 6.63. The van der Waals surface area contributed by atoms with E-state index in [0.29, 0.717) is 18.2 Å². The van der Waals surface area contributed by atoms with Crippen molar-refractivity contribution in [2.24, 2.45) is 5.73 Å². The monoisotopic (exact) mass is 274 g/mol. The van der Waals surface area contributed by atoms with Crippen molar-refractivity contribution in [2.75, 3.05) is 13.1 Å². The molecule has 3 heteroatoms. The molecular formula is C17H26N2O. The predicted molar refractivity (Wildman–Crippen MR) is 81.4 cm³/mol. The molecule has 1 saturated heterocycles. The Morgan fingerprint density at radius 1 is 1.10 bits per heavy atom. The number of rotatable bonds is 4. The van der Waals surface area contributed by atoms with E-state index in [1.54, 1.807) is 0 Å². The van der Waals surface area contributed by atoms with Crippen molar-refractivity contribution in [3.63, 3.8) is 0 Å². The van der Waals surface area contributed by atoms with Gasteiger partial charge < -0.3 is 10.5 Å². The molecule has 0 radical (unpaired) electrons. The van der Waals surface area contributed by atoms with E-state index in [9.17, 15) is 0 Å². The second-order valence-electron chi connectivity index (χ2n) is 6.23. The molecule has 2 aliphatic rings. The lowest BCUT2D eigenvalue weighted by Gasteiger charge is -2.37. The van der Waals surface area contributed by atoms with E-state index in [1.807, 2.05) is 0 Å². The van der Waals surface area contributed by atoms with E-state index in [-0.39, 0.29) is 0 Å². The van der Waals surface area contributed by atoms with Gasteiger partial charge in [0, 0.05) is 25.2 Å². The Balaban J connectivity index is 1.58. The summed E-state index contributed by atoms with van der Waals surface area (Å²) in [7, 11) is 0. The summed E-state index contributed by atoms with van der Waals surface area (Å²) in [5.41, 5.74) is 7.33. The number of benzene rings is 1. The van der Waals surface area contributed by atoms with Crippen molar-refractivity contribution in [3.05, 3.63) is 35.9 Å². The van der Waals surface area contributed by atoms with Gasteiger partial charge in [0.1, 0.15) is 0 Å². The van der Waals surface area contributed by atoms with Crippen LogP contribution in [0.2, 0.25) is 0 Å². The van der Waals surface area contributed by atoms with Gasteiger partial charge in [0.05, 0.1) is 12.7 Å².